The van der Waals surface area contributed by atoms with Gasteiger partial charge in [0.25, 0.3) is 0 Å². The van der Waals surface area contributed by atoms with E-state index in [9.17, 15) is 9.90 Å². The lowest BCUT2D eigenvalue weighted by atomic mass is 10.1. The molecule has 1 aromatic heterocycles. The highest BCUT2D eigenvalue weighted by Gasteiger charge is 2.17. The molecule has 2 rings (SSSR count). The largest absolute Gasteiger partial charge is 0.393 e. The normalized spacial score (nSPS) is 18.1. The van der Waals surface area contributed by atoms with Crippen molar-refractivity contribution in [2.45, 2.75) is 25.0 Å². The predicted molar refractivity (Wildman–Crippen MR) is 93.8 cm³/mol. The van der Waals surface area contributed by atoms with Gasteiger partial charge in [0, 0.05) is 37.6 Å². The van der Waals surface area contributed by atoms with Crippen molar-refractivity contribution < 1.29 is 9.90 Å². The van der Waals surface area contributed by atoms with Gasteiger partial charge in [-0.15, -0.1) is 11.3 Å². The fraction of sp³-hybridized carbons (Fsp3) is 0.688. The molecular weight excluding hydrogens is 312 g/mol. The monoisotopic (exact) mass is 340 g/mol. The molecule has 1 aromatic rings. The van der Waals surface area contributed by atoms with Gasteiger partial charge in [-0.25, -0.2) is 4.79 Å². The fourth-order valence-corrected chi connectivity index (χ4v) is 3.66. The van der Waals surface area contributed by atoms with Gasteiger partial charge in [-0.2, -0.15) is 0 Å². The summed E-state index contributed by atoms with van der Waals surface area (Å²) in [6.45, 7) is 3.88. The molecule has 2 amide bonds. The summed E-state index contributed by atoms with van der Waals surface area (Å²) in [6.07, 6.45) is 1.51. The summed E-state index contributed by atoms with van der Waals surface area (Å²) in [4.78, 5) is 17.6. The van der Waals surface area contributed by atoms with E-state index in [1.165, 1.54) is 4.88 Å². The maximum atomic E-state index is 11.9. The van der Waals surface area contributed by atoms with Crippen molar-refractivity contribution in [3.63, 3.8) is 0 Å². The van der Waals surface area contributed by atoms with E-state index in [0.29, 0.717) is 13.1 Å². The molecule has 1 aliphatic rings. The van der Waals surface area contributed by atoms with Crippen LogP contribution in [0.2, 0.25) is 0 Å². The summed E-state index contributed by atoms with van der Waals surface area (Å²) in [6, 6.07) is 4.21. The first-order valence-electron chi connectivity index (χ1n) is 8.18. The SMILES string of the molecule is CN(C)C(CNC(=O)NCCN1CCC(O)CC1)c1cccs1. The van der Waals surface area contributed by atoms with Gasteiger partial charge < -0.3 is 25.5 Å². The number of nitrogens with one attached hydrogen (secondary N) is 2. The number of carbonyl (C=O) groups is 1. The minimum Gasteiger partial charge on any atom is -0.393 e. The molecule has 6 nitrogen and oxygen atoms in total. The molecule has 0 saturated carbocycles. The number of hydrogen-bond donors (Lipinski definition) is 3. The van der Waals surface area contributed by atoms with Crippen molar-refractivity contribution in [1.29, 1.82) is 0 Å². The summed E-state index contributed by atoms with van der Waals surface area (Å²) < 4.78 is 0. The Balaban J connectivity index is 1.64. The molecule has 1 atom stereocenters. The summed E-state index contributed by atoms with van der Waals surface area (Å²) >= 11 is 1.71. The molecule has 7 heteroatoms. The van der Waals surface area contributed by atoms with Crippen LogP contribution in [-0.2, 0) is 0 Å². The number of hydrogen-bond acceptors (Lipinski definition) is 5. The number of thiophene rings is 1. The Bertz CT molecular complexity index is 459. The first kappa shape index (κ1) is 18.2. The van der Waals surface area contributed by atoms with E-state index in [1.54, 1.807) is 11.3 Å². The summed E-state index contributed by atoms with van der Waals surface area (Å²) in [5.41, 5.74) is 0. The average Bonchev–Trinajstić information content (AvgIpc) is 3.03. The van der Waals surface area contributed by atoms with E-state index in [4.69, 9.17) is 0 Å². The molecule has 1 saturated heterocycles. The van der Waals surface area contributed by atoms with Gasteiger partial charge in [0.15, 0.2) is 0 Å². The van der Waals surface area contributed by atoms with E-state index < -0.39 is 0 Å². The average molecular weight is 340 g/mol. The number of nitrogens with zero attached hydrogens (tertiary/aromatic N) is 2. The topological polar surface area (TPSA) is 67.8 Å². The van der Waals surface area contributed by atoms with Gasteiger partial charge in [0.05, 0.1) is 12.1 Å². The smallest absolute Gasteiger partial charge is 0.314 e. The highest BCUT2D eigenvalue weighted by atomic mass is 32.1. The molecule has 0 radical (unpaired) electrons. The van der Waals surface area contributed by atoms with E-state index >= 15 is 0 Å². The Kier molecular flexibility index (Phi) is 7.29. The van der Waals surface area contributed by atoms with Gasteiger partial charge in [-0.3, -0.25) is 0 Å². The van der Waals surface area contributed by atoms with Crippen molar-refractivity contribution >= 4 is 17.4 Å². The third-order valence-corrected chi connectivity index (χ3v) is 5.20. The molecule has 1 aliphatic heterocycles. The summed E-state index contributed by atoms with van der Waals surface area (Å²) in [7, 11) is 4.05. The Labute approximate surface area is 142 Å². The quantitative estimate of drug-likeness (QED) is 0.695. The van der Waals surface area contributed by atoms with Crippen LogP contribution in [0.25, 0.3) is 0 Å². The summed E-state index contributed by atoms with van der Waals surface area (Å²) in [5, 5.41) is 17.4. The summed E-state index contributed by atoms with van der Waals surface area (Å²) in [5.74, 6) is 0. The zero-order valence-electron chi connectivity index (χ0n) is 14.0. The molecule has 130 valence electrons. The maximum absolute atomic E-state index is 11.9. The van der Waals surface area contributed by atoms with Crippen LogP contribution in [0.5, 0.6) is 0 Å². The lowest BCUT2D eigenvalue weighted by Gasteiger charge is -2.29. The van der Waals surface area contributed by atoms with Crippen LogP contribution in [0, 0.1) is 0 Å². The minimum atomic E-state index is -0.150. The lowest BCUT2D eigenvalue weighted by molar-refractivity contribution is 0.0832. The molecular formula is C16H28N4O2S. The molecule has 1 fully saturated rings. The van der Waals surface area contributed by atoms with E-state index in [1.807, 2.05) is 20.2 Å². The molecule has 1 unspecified atom stereocenters. The highest BCUT2D eigenvalue weighted by Crippen LogP contribution is 2.22. The van der Waals surface area contributed by atoms with E-state index in [0.717, 1.165) is 32.5 Å². The van der Waals surface area contributed by atoms with E-state index in [2.05, 4.69) is 31.9 Å². The second-order valence-electron chi connectivity index (χ2n) is 6.20. The van der Waals surface area contributed by atoms with Crippen molar-refractivity contribution in [1.82, 2.24) is 20.4 Å². The van der Waals surface area contributed by atoms with Crippen LogP contribution in [0.15, 0.2) is 17.5 Å². The maximum Gasteiger partial charge on any atom is 0.314 e. The van der Waals surface area contributed by atoms with Crippen LogP contribution < -0.4 is 10.6 Å². The minimum absolute atomic E-state index is 0.120. The third kappa shape index (κ3) is 6.10. The molecule has 0 bridgehead atoms. The van der Waals surface area contributed by atoms with Gasteiger partial charge >= 0.3 is 6.03 Å². The van der Waals surface area contributed by atoms with Crippen LogP contribution in [0.1, 0.15) is 23.8 Å². The van der Waals surface area contributed by atoms with Crippen LogP contribution in [0.4, 0.5) is 4.79 Å². The van der Waals surface area contributed by atoms with Gasteiger partial charge in [-0.05, 0) is 38.4 Å². The first-order chi connectivity index (χ1) is 11.1. The van der Waals surface area contributed by atoms with Crippen LogP contribution >= 0.6 is 11.3 Å². The fourth-order valence-electron chi connectivity index (χ4n) is 2.74. The third-order valence-electron chi connectivity index (χ3n) is 4.22. The number of piperidine rings is 1. The Morgan fingerprint density at radius 2 is 2.17 bits per heavy atom. The number of urea groups is 1. The van der Waals surface area contributed by atoms with Gasteiger partial charge in [0.2, 0.25) is 0 Å². The number of likely N-dealkylation sites (tertiary alicyclic amines) is 1. The number of amides is 2. The molecule has 0 spiro atoms. The van der Waals surface area contributed by atoms with Crippen LogP contribution in [0.3, 0.4) is 0 Å². The molecule has 23 heavy (non-hydrogen) atoms. The van der Waals surface area contributed by atoms with Crippen molar-refractivity contribution in [3.8, 4) is 0 Å². The molecule has 0 aromatic carbocycles. The molecule has 0 aliphatic carbocycles. The molecule has 3 N–H and O–H groups in total. The highest BCUT2D eigenvalue weighted by molar-refractivity contribution is 7.10. The standard InChI is InChI=1S/C16H28N4O2S/c1-19(2)14(15-4-3-11-23-15)12-18-16(22)17-7-10-20-8-5-13(21)6-9-20/h3-4,11,13-14,21H,5-10,12H2,1-2H3,(H2,17,18,22). The lowest BCUT2D eigenvalue weighted by Crippen LogP contribution is -2.44. The van der Waals surface area contributed by atoms with Crippen molar-refractivity contribution in [2.24, 2.45) is 0 Å². The number of likely N-dealkylation sites (N-methyl/N-ethyl adjacent to an activating group) is 1. The van der Waals surface area contributed by atoms with Crippen molar-refractivity contribution in [2.75, 3.05) is 46.8 Å². The number of aliphatic hydroxyl groups excluding tert-OH is 1. The first-order valence-corrected chi connectivity index (χ1v) is 9.06. The Morgan fingerprint density at radius 1 is 1.43 bits per heavy atom. The second kappa shape index (κ2) is 9.22. The van der Waals surface area contributed by atoms with Crippen molar-refractivity contribution in [3.05, 3.63) is 22.4 Å². The zero-order valence-corrected chi connectivity index (χ0v) is 14.8. The predicted octanol–water partition coefficient (Wildman–Crippen LogP) is 1.11. The second-order valence-corrected chi connectivity index (χ2v) is 7.18. The Morgan fingerprint density at radius 3 is 2.78 bits per heavy atom. The van der Waals surface area contributed by atoms with Gasteiger partial charge in [0.1, 0.15) is 0 Å². The van der Waals surface area contributed by atoms with E-state index in [-0.39, 0.29) is 18.2 Å². The Hall–Kier alpha value is -1.15. The van der Waals surface area contributed by atoms with Gasteiger partial charge in [-0.1, -0.05) is 6.07 Å². The zero-order chi connectivity index (χ0) is 16.7. The number of aliphatic hydroxyl groups is 1. The number of carbonyl (C=O) groups excluding carboxylic acids is 1. The van der Waals surface area contributed by atoms with Crippen LogP contribution in [-0.4, -0.2) is 73.9 Å². The number of rotatable bonds is 7. The molecule has 2 heterocycles.